The number of hydrogen-bond donors (Lipinski definition) is 3. The van der Waals surface area contributed by atoms with Crippen molar-refractivity contribution in [3.63, 3.8) is 0 Å². The summed E-state index contributed by atoms with van der Waals surface area (Å²) in [6.45, 7) is 4.81. The third-order valence-corrected chi connectivity index (χ3v) is 15.5. The van der Waals surface area contributed by atoms with Crippen LogP contribution in [0.1, 0.15) is 297 Å². The molecule has 0 spiro atoms. The first-order valence-electron chi connectivity index (χ1n) is 31.3. The maximum Gasteiger partial charge on any atom is 0.472 e. The van der Waals surface area contributed by atoms with Gasteiger partial charge in [0.1, 0.15) is 19.3 Å². The standard InChI is InChI=1S/C59H114O17P2/c1-5-9-13-17-21-25-28-32-36-40-44-57(62)70-50-55(76-59(64)46-42-38-34-30-27-23-19-15-11-7-3)52-74-78(67,68)72-48-53(60)47-71-77(65,66)73-51-54(49-69-56(61)43-39-35-31-24-20-16-12-8-4)75-58(63)45-41-37-33-29-26-22-18-14-10-6-2/h53-55,60H,5-52H2,1-4H3,(H,65,66)(H,67,68)/t53-,54+,55+/m0/s1. The van der Waals surface area contributed by atoms with Gasteiger partial charge in [-0.25, -0.2) is 9.13 Å². The highest BCUT2D eigenvalue weighted by atomic mass is 31.2. The second-order valence-electron chi connectivity index (χ2n) is 21.4. The lowest BCUT2D eigenvalue weighted by atomic mass is 10.1. The predicted octanol–water partition coefficient (Wildman–Crippen LogP) is 16.0. The molecule has 0 heterocycles. The minimum Gasteiger partial charge on any atom is -0.462 e. The molecule has 0 saturated heterocycles. The molecule has 2 unspecified atom stereocenters. The Bertz CT molecular complexity index is 1520. The summed E-state index contributed by atoms with van der Waals surface area (Å²) >= 11 is 0. The van der Waals surface area contributed by atoms with Crippen molar-refractivity contribution < 1.29 is 80.2 Å². The highest BCUT2D eigenvalue weighted by Crippen LogP contribution is 2.45. The molecule has 5 atom stereocenters. The number of esters is 4. The van der Waals surface area contributed by atoms with Crippen LogP contribution in [0.5, 0.6) is 0 Å². The average molecular weight is 1160 g/mol. The maximum atomic E-state index is 12.9. The number of carbonyl (C=O) groups is 4. The molecule has 0 aliphatic rings. The van der Waals surface area contributed by atoms with Gasteiger partial charge in [-0.05, 0) is 25.7 Å². The first-order chi connectivity index (χ1) is 37.7. The lowest BCUT2D eigenvalue weighted by Gasteiger charge is -2.21. The van der Waals surface area contributed by atoms with E-state index in [1.54, 1.807) is 0 Å². The van der Waals surface area contributed by atoms with E-state index in [2.05, 4.69) is 27.7 Å². The molecule has 0 aromatic carbocycles. The Labute approximate surface area is 473 Å². The number of ether oxygens (including phenoxy) is 4. The predicted molar refractivity (Wildman–Crippen MR) is 308 cm³/mol. The molecule has 0 aliphatic heterocycles. The lowest BCUT2D eigenvalue weighted by Crippen LogP contribution is -2.30. The summed E-state index contributed by atoms with van der Waals surface area (Å²) in [5.41, 5.74) is 0. The second-order valence-corrected chi connectivity index (χ2v) is 24.3. The smallest absolute Gasteiger partial charge is 0.462 e. The summed E-state index contributed by atoms with van der Waals surface area (Å²) in [6, 6.07) is 0. The monoisotopic (exact) mass is 1160 g/mol. The van der Waals surface area contributed by atoms with Crippen LogP contribution in [0.25, 0.3) is 0 Å². The van der Waals surface area contributed by atoms with Gasteiger partial charge in [-0.15, -0.1) is 0 Å². The number of hydrogen-bond acceptors (Lipinski definition) is 15. The summed E-state index contributed by atoms with van der Waals surface area (Å²) < 4.78 is 67.7. The highest BCUT2D eigenvalue weighted by molar-refractivity contribution is 7.47. The van der Waals surface area contributed by atoms with Gasteiger partial charge < -0.3 is 33.8 Å². The van der Waals surface area contributed by atoms with Gasteiger partial charge in [0.05, 0.1) is 26.4 Å². The van der Waals surface area contributed by atoms with Crippen LogP contribution in [0.4, 0.5) is 0 Å². The first-order valence-corrected chi connectivity index (χ1v) is 34.3. The number of phosphoric acid groups is 2. The zero-order valence-electron chi connectivity index (χ0n) is 49.6. The van der Waals surface area contributed by atoms with Gasteiger partial charge in [0, 0.05) is 25.7 Å². The van der Waals surface area contributed by atoms with E-state index in [1.807, 2.05) is 0 Å². The Morgan fingerprint density at radius 3 is 0.756 bits per heavy atom. The highest BCUT2D eigenvalue weighted by Gasteiger charge is 2.30. The van der Waals surface area contributed by atoms with Crippen LogP contribution in [-0.2, 0) is 65.4 Å². The molecular weight excluding hydrogens is 1040 g/mol. The fourth-order valence-corrected chi connectivity index (χ4v) is 10.3. The number of aliphatic hydroxyl groups excluding tert-OH is 1. The average Bonchev–Trinajstić information content (AvgIpc) is 3.41. The molecule has 0 amide bonds. The van der Waals surface area contributed by atoms with E-state index < -0.39 is 97.5 Å². The molecule has 0 fully saturated rings. The summed E-state index contributed by atoms with van der Waals surface area (Å²) in [4.78, 5) is 71.8. The van der Waals surface area contributed by atoms with Crippen LogP contribution in [-0.4, -0.2) is 96.7 Å². The quantitative estimate of drug-likeness (QED) is 0.0222. The zero-order valence-corrected chi connectivity index (χ0v) is 51.4. The third kappa shape index (κ3) is 53.4. The normalized spacial score (nSPS) is 14.3. The molecule has 0 aromatic rings. The van der Waals surface area contributed by atoms with Crippen LogP contribution in [0, 0.1) is 0 Å². The van der Waals surface area contributed by atoms with Gasteiger partial charge >= 0.3 is 39.5 Å². The van der Waals surface area contributed by atoms with Crippen LogP contribution >= 0.6 is 15.6 Å². The SMILES string of the molecule is CCCCCCCCCCCCC(=O)OC[C@H](COP(=O)(O)OC[C@@H](O)COP(=O)(O)OC[C@@H](COC(=O)CCCCCCCCCC)OC(=O)CCCCCCCCCCCC)OC(=O)CCCCCCCCCCCC. The van der Waals surface area contributed by atoms with Crippen LogP contribution < -0.4 is 0 Å². The molecular formula is C59H114O17P2. The molecule has 0 aromatic heterocycles. The van der Waals surface area contributed by atoms with Crippen molar-refractivity contribution in [2.75, 3.05) is 39.6 Å². The molecule has 0 radical (unpaired) electrons. The van der Waals surface area contributed by atoms with Crippen molar-refractivity contribution in [2.45, 2.75) is 316 Å². The first kappa shape index (κ1) is 76.1. The largest absolute Gasteiger partial charge is 0.472 e. The number of carbonyl (C=O) groups excluding carboxylic acids is 4. The van der Waals surface area contributed by atoms with E-state index in [4.69, 9.17) is 37.0 Å². The van der Waals surface area contributed by atoms with Gasteiger partial charge in [-0.3, -0.25) is 37.3 Å². The van der Waals surface area contributed by atoms with Crippen molar-refractivity contribution in [1.29, 1.82) is 0 Å². The topological polar surface area (TPSA) is 237 Å². The summed E-state index contributed by atoms with van der Waals surface area (Å²) in [7, 11) is -9.87. The van der Waals surface area contributed by atoms with Crippen LogP contribution in [0.2, 0.25) is 0 Å². The lowest BCUT2D eigenvalue weighted by molar-refractivity contribution is -0.161. The Morgan fingerprint density at radius 2 is 0.513 bits per heavy atom. The molecule has 78 heavy (non-hydrogen) atoms. The van der Waals surface area contributed by atoms with Crippen molar-refractivity contribution in [1.82, 2.24) is 0 Å². The van der Waals surface area contributed by atoms with E-state index in [0.29, 0.717) is 25.7 Å². The zero-order chi connectivity index (χ0) is 57.6. The molecule has 3 N–H and O–H groups in total. The Morgan fingerprint density at radius 1 is 0.308 bits per heavy atom. The van der Waals surface area contributed by atoms with Gasteiger partial charge in [-0.2, -0.15) is 0 Å². The van der Waals surface area contributed by atoms with E-state index in [1.165, 1.54) is 122 Å². The van der Waals surface area contributed by atoms with Gasteiger partial charge in [0.2, 0.25) is 0 Å². The van der Waals surface area contributed by atoms with Crippen LogP contribution in [0.3, 0.4) is 0 Å². The van der Waals surface area contributed by atoms with E-state index >= 15 is 0 Å². The number of rotatable bonds is 60. The molecule has 0 rings (SSSR count). The molecule has 0 bridgehead atoms. The molecule has 17 nitrogen and oxygen atoms in total. The second kappa shape index (κ2) is 54.3. The van der Waals surface area contributed by atoms with Crippen molar-refractivity contribution in [2.24, 2.45) is 0 Å². The van der Waals surface area contributed by atoms with Crippen molar-refractivity contribution >= 4 is 39.5 Å². The Hall–Kier alpha value is -1.94. The van der Waals surface area contributed by atoms with E-state index in [0.717, 1.165) is 96.3 Å². The van der Waals surface area contributed by atoms with E-state index in [9.17, 15) is 43.2 Å². The maximum absolute atomic E-state index is 12.9. The Balaban J connectivity index is 5.21. The summed E-state index contributed by atoms with van der Waals surface area (Å²) in [6.07, 6.45) is 37.5. The number of aliphatic hydroxyl groups is 1. The van der Waals surface area contributed by atoms with Crippen LogP contribution in [0.15, 0.2) is 0 Å². The molecule has 462 valence electrons. The van der Waals surface area contributed by atoms with Gasteiger partial charge in [0.15, 0.2) is 12.2 Å². The molecule has 0 saturated carbocycles. The Kier molecular flexibility index (Phi) is 53.0. The van der Waals surface area contributed by atoms with Crippen molar-refractivity contribution in [3.8, 4) is 0 Å². The third-order valence-electron chi connectivity index (χ3n) is 13.6. The van der Waals surface area contributed by atoms with Crippen molar-refractivity contribution in [3.05, 3.63) is 0 Å². The minimum absolute atomic E-state index is 0.106. The fourth-order valence-electron chi connectivity index (χ4n) is 8.75. The van der Waals surface area contributed by atoms with Gasteiger partial charge in [0.25, 0.3) is 0 Å². The number of unbranched alkanes of at least 4 members (excludes halogenated alkanes) is 34. The van der Waals surface area contributed by atoms with E-state index in [-0.39, 0.29) is 25.7 Å². The summed E-state index contributed by atoms with van der Waals surface area (Å²) in [5.74, 6) is -2.14. The summed E-state index contributed by atoms with van der Waals surface area (Å²) in [5, 5.41) is 10.5. The molecule has 19 heteroatoms. The minimum atomic E-state index is -4.93. The number of phosphoric ester groups is 2. The fraction of sp³-hybridized carbons (Fsp3) is 0.932. The molecule has 0 aliphatic carbocycles. The van der Waals surface area contributed by atoms with Gasteiger partial charge in [-0.1, -0.05) is 246 Å².